The number of benzene rings is 2. The number of fused-ring (bicyclic) bond motifs is 1. The Morgan fingerprint density at radius 3 is 2.68 bits per heavy atom. The normalized spacial score (nSPS) is 16.0. The summed E-state index contributed by atoms with van der Waals surface area (Å²) in [6.45, 7) is 0.904. The SMILES string of the molecule is Fc1ccccc1NC(=S)NC[C@@H]1COc2ccccc2O1. The van der Waals surface area contributed by atoms with Gasteiger partial charge in [-0.25, -0.2) is 4.39 Å². The molecule has 4 nitrogen and oxygen atoms in total. The van der Waals surface area contributed by atoms with Crippen molar-refractivity contribution in [2.75, 3.05) is 18.5 Å². The molecule has 3 rings (SSSR count). The molecule has 0 fully saturated rings. The summed E-state index contributed by atoms with van der Waals surface area (Å²) >= 11 is 5.16. The molecule has 0 saturated heterocycles. The summed E-state index contributed by atoms with van der Waals surface area (Å²) in [6.07, 6.45) is -0.157. The van der Waals surface area contributed by atoms with Crippen LogP contribution in [0.15, 0.2) is 48.5 Å². The number of thiocarbonyl (C=S) groups is 1. The number of nitrogens with one attached hydrogen (secondary N) is 2. The van der Waals surface area contributed by atoms with Gasteiger partial charge in [0.2, 0.25) is 0 Å². The molecule has 6 heteroatoms. The molecule has 0 saturated carbocycles. The molecule has 0 unspecified atom stereocenters. The zero-order valence-corrected chi connectivity index (χ0v) is 12.5. The van der Waals surface area contributed by atoms with Crippen molar-refractivity contribution in [3.63, 3.8) is 0 Å². The summed E-state index contributed by atoms with van der Waals surface area (Å²) in [7, 11) is 0. The van der Waals surface area contributed by atoms with Crippen LogP contribution in [0, 0.1) is 5.82 Å². The molecule has 1 atom stereocenters. The molecule has 22 heavy (non-hydrogen) atoms. The monoisotopic (exact) mass is 318 g/mol. The molecule has 0 aromatic heterocycles. The highest BCUT2D eigenvalue weighted by molar-refractivity contribution is 7.80. The Kier molecular flexibility index (Phi) is 4.39. The molecule has 0 aliphatic carbocycles. The average molecular weight is 318 g/mol. The van der Waals surface area contributed by atoms with Crippen LogP contribution in [0.25, 0.3) is 0 Å². The second-order valence-electron chi connectivity index (χ2n) is 4.81. The van der Waals surface area contributed by atoms with Crippen molar-refractivity contribution in [2.24, 2.45) is 0 Å². The van der Waals surface area contributed by atoms with Gasteiger partial charge in [0.1, 0.15) is 18.5 Å². The topological polar surface area (TPSA) is 42.5 Å². The van der Waals surface area contributed by atoms with Gasteiger partial charge in [0.25, 0.3) is 0 Å². The van der Waals surface area contributed by atoms with E-state index in [1.807, 2.05) is 24.3 Å². The summed E-state index contributed by atoms with van der Waals surface area (Å²) in [5.74, 6) is 1.11. The predicted octanol–water partition coefficient (Wildman–Crippen LogP) is 2.95. The number of ether oxygens (including phenoxy) is 2. The van der Waals surface area contributed by atoms with Crippen LogP contribution in [-0.4, -0.2) is 24.4 Å². The maximum Gasteiger partial charge on any atom is 0.170 e. The summed E-state index contributed by atoms with van der Waals surface area (Å²) in [5, 5.41) is 6.17. The van der Waals surface area contributed by atoms with E-state index < -0.39 is 0 Å². The van der Waals surface area contributed by atoms with Crippen LogP contribution < -0.4 is 20.1 Å². The third-order valence-electron chi connectivity index (χ3n) is 3.18. The molecule has 0 bridgehead atoms. The third-order valence-corrected chi connectivity index (χ3v) is 3.43. The van der Waals surface area contributed by atoms with Crippen LogP contribution in [0.3, 0.4) is 0 Å². The van der Waals surface area contributed by atoms with Crippen molar-refractivity contribution in [1.29, 1.82) is 0 Å². The molecule has 2 N–H and O–H groups in total. The summed E-state index contributed by atoms with van der Waals surface area (Å²) < 4.78 is 24.9. The van der Waals surface area contributed by atoms with Crippen molar-refractivity contribution in [3.05, 3.63) is 54.3 Å². The molecule has 1 aliphatic heterocycles. The first kappa shape index (κ1) is 14.6. The number of para-hydroxylation sites is 3. The van der Waals surface area contributed by atoms with Crippen LogP contribution >= 0.6 is 12.2 Å². The van der Waals surface area contributed by atoms with E-state index in [2.05, 4.69) is 10.6 Å². The molecule has 2 aromatic rings. The molecule has 1 aliphatic rings. The standard InChI is InChI=1S/C16H15FN2O2S/c17-12-5-1-2-6-13(12)19-16(22)18-9-11-10-20-14-7-3-4-8-15(14)21-11/h1-8,11H,9-10H2,(H2,18,19,22)/t11-/m1/s1. The van der Waals surface area contributed by atoms with Gasteiger partial charge in [0, 0.05) is 0 Å². The van der Waals surface area contributed by atoms with E-state index in [4.69, 9.17) is 21.7 Å². The van der Waals surface area contributed by atoms with Gasteiger partial charge in [-0.15, -0.1) is 0 Å². The van der Waals surface area contributed by atoms with Crippen molar-refractivity contribution < 1.29 is 13.9 Å². The fraction of sp³-hybridized carbons (Fsp3) is 0.188. The number of anilines is 1. The highest BCUT2D eigenvalue weighted by Gasteiger charge is 2.20. The Labute approximate surface area is 133 Å². The number of hydrogen-bond donors (Lipinski definition) is 2. The Hall–Kier alpha value is -2.34. The van der Waals surface area contributed by atoms with E-state index in [9.17, 15) is 4.39 Å². The quantitative estimate of drug-likeness (QED) is 0.852. The lowest BCUT2D eigenvalue weighted by atomic mass is 10.2. The molecule has 0 radical (unpaired) electrons. The lowest BCUT2D eigenvalue weighted by molar-refractivity contribution is 0.0939. The van der Waals surface area contributed by atoms with Gasteiger partial charge in [-0.1, -0.05) is 24.3 Å². The van der Waals surface area contributed by atoms with Crippen LogP contribution in [-0.2, 0) is 0 Å². The van der Waals surface area contributed by atoms with E-state index >= 15 is 0 Å². The second-order valence-corrected chi connectivity index (χ2v) is 5.22. The summed E-state index contributed by atoms with van der Waals surface area (Å²) in [5.41, 5.74) is 0.339. The van der Waals surface area contributed by atoms with Crippen molar-refractivity contribution >= 4 is 23.0 Å². The zero-order valence-electron chi connectivity index (χ0n) is 11.7. The van der Waals surface area contributed by atoms with Gasteiger partial charge in [-0.05, 0) is 36.5 Å². The zero-order chi connectivity index (χ0) is 15.4. The lowest BCUT2D eigenvalue weighted by Crippen LogP contribution is -2.42. The van der Waals surface area contributed by atoms with Gasteiger partial charge in [-0.2, -0.15) is 0 Å². The first-order valence-electron chi connectivity index (χ1n) is 6.90. The highest BCUT2D eigenvalue weighted by Crippen LogP contribution is 2.30. The number of rotatable bonds is 3. The van der Waals surface area contributed by atoms with Gasteiger partial charge in [-0.3, -0.25) is 0 Å². The fourth-order valence-corrected chi connectivity index (χ4v) is 2.29. The molecular weight excluding hydrogens is 303 g/mol. The number of hydrogen-bond acceptors (Lipinski definition) is 3. The average Bonchev–Trinajstić information content (AvgIpc) is 2.55. The molecule has 0 amide bonds. The minimum absolute atomic E-state index is 0.157. The molecule has 2 aromatic carbocycles. The number of halogens is 1. The Morgan fingerprint density at radius 1 is 1.14 bits per heavy atom. The van der Waals surface area contributed by atoms with E-state index in [0.29, 0.717) is 29.7 Å². The first-order valence-corrected chi connectivity index (χ1v) is 7.31. The Bertz CT molecular complexity index is 681. The molecule has 114 valence electrons. The predicted molar refractivity (Wildman–Crippen MR) is 87.0 cm³/mol. The van der Waals surface area contributed by atoms with Crippen molar-refractivity contribution in [3.8, 4) is 11.5 Å². The van der Waals surface area contributed by atoms with E-state index in [1.165, 1.54) is 6.07 Å². The van der Waals surface area contributed by atoms with Crippen LogP contribution in [0.2, 0.25) is 0 Å². The van der Waals surface area contributed by atoms with Crippen molar-refractivity contribution in [2.45, 2.75) is 6.10 Å². The fourth-order valence-electron chi connectivity index (χ4n) is 2.10. The molecule has 0 spiro atoms. The van der Waals surface area contributed by atoms with E-state index in [1.54, 1.807) is 18.2 Å². The first-order chi connectivity index (χ1) is 10.7. The second kappa shape index (κ2) is 6.62. The van der Waals surface area contributed by atoms with Crippen LogP contribution in [0.4, 0.5) is 10.1 Å². The van der Waals surface area contributed by atoms with E-state index in [-0.39, 0.29) is 11.9 Å². The third kappa shape index (κ3) is 3.46. The maximum atomic E-state index is 13.5. The van der Waals surface area contributed by atoms with Gasteiger partial charge >= 0.3 is 0 Å². The van der Waals surface area contributed by atoms with Crippen molar-refractivity contribution in [1.82, 2.24) is 5.32 Å². The smallest absolute Gasteiger partial charge is 0.170 e. The minimum atomic E-state index is -0.349. The lowest BCUT2D eigenvalue weighted by Gasteiger charge is -2.27. The molecule has 1 heterocycles. The summed E-state index contributed by atoms with van der Waals surface area (Å²) in [6, 6.07) is 13.9. The maximum absolute atomic E-state index is 13.5. The van der Waals surface area contributed by atoms with E-state index in [0.717, 1.165) is 5.75 Å². The summed E-state index contributed by atoms with van der Waals surface area (Å²) in [4.78, 5) is 0. The highest BCUT2D eigenvalue weighted by atomic mass is 32.1. The van der Waals surface area contributed by atoms with Gasteiger partial charge in [0.15, 0.2) is 16.6 Å². The van der Waals surface area contributed by atoms with Gasteiger partial charge < -0.3 is 20.1 Å². The Balaban J connectivity index is 1.51. The van der Waals surface area contributed by atoms with Crippen LogP contribution in [0.1, 0.15) is 0 Å². The van der Waals surface area contributed by atoms with Gasteiger partial charge in [0.05, 0.1) is 12.2 Å². The van der Waals surface area contributed by atoms with Crippen LogP contribution in [0.5, 0.6) is 11.5 Å². The molecular formula is C16H15FN2O2S. The minimum Gasteiger partial charge on any atom is -0.486 e. The Morgan fingerprint density at radius 2 is 1.86 bits per heavy atom. The largest absolute Gasteiger partial charge is 0.486 e.